The van der Waals surface area contributed by atoms with Gasteiger partial charge in [-0.25, -0.2) is 9.97 Å². The summed E-state index contributed by atoms with van der Waals surface area (Å²) in [6.45, 7) is 3.87. The number of aliphatic hydroxyl groups excluding tert-OH is 1. The summed E-state index contributed by atoms with van der Waals surface area (Å²) in [7, 11) is 0. The first-order valence-corrected chi connectivity index (χ1v) is 3.59. The summed E-state index contributed by atoms with van der Waals surface area (Å²) in [5.74, 6) is 0.179. The molecule has 0 fully saturated rings. The van der Waals surface area contributed by atoms with Crippen molar-refractivity contribution in [1.82, 2.24) is 9.97 Å². The highest BCUT2D eigenvalue weighted by molar-refractivity contribution is 5.01. The quantitative estimate of drug-likeness (QED) is 0.685. The second-order valence-electron chi connectivity index (χ2n) is 2.77. The molecule has 0 saturated carbocycles. The summed E-state index contributed by atoms with van der Waals surface area (Å²) in [5.41, 5.74) is 0.634. The van der Waals surface area contributed by atoms with Crippen LogP contribution in [0.3, 0.4) is 0 Å². The lowest BCUT2D eigenvalue weighted by Crippen LogP contribution is -2.07. The molecule has 0 bridgehead atoms. The van der Waals surface area contributed by atoms with Gasteiger partial charge in [0.1, 0.15) is 0 Å². The van der Waals surface area contributed by atoms with Crippen molar-refractivity contribution in [1.29, 1.82) is 0 Å². The number of rotatable bonds is 2. The second kappa shape index (κ2) is 3.44. The monoisotopic (exact) mass is 151 g/mol. The van der Waals surface area contributed by atoms with Crippen LogP contribution in [0.15, 0.2) is 12.3 Å². The van der Waals surface area contributed by atoms with Gasteiger partial charge in [-0.05, 0) is 12.0 Å². The zero-order valence-corrected chi connectivity index (χ0v) is 6.65. The fraction of sp³-hybridized carbons (Fsp3) is 0.500. The van der Waals surface area contributed by atoms with Crippen LogP contribution >= 0.6 is 0 Å². The maximum absolute atomic E-state index is 9.49. The highest BCUT2D eigenvalue weighted by atomic mass is 16.3. The van der Waals surface area contributed by atoms with Crippen LogP contribution in [0.25, 0.3) is 0 Å². The van der Waals surface area contributed by atoms with Crippen molar-refractivity contribution >= 4 is 0 Å². The molecule has 1 unspecified atom stereocenters. The average Bonchev–Trinajstić information content (AvgIpc) is 2.05. The number of aliphatic hydroxyl groups is 1. The largest absolute Gasteiger partial charge is 0.387 e. The van der Waals surface area contributed by atoms with E-state index < -0.39 is 6.10 Å². The van der Waals surface area contributed by atoms with Crippen molar-refractivity contribution < 1.29 is 5.11 Å². The summed E-state index contributed by atoms with van der Waals surface area (Å²) >= 11 is 0. The molecule has 3 heteroatoms. The molecule has 0 aromatic carbocycles. The zero-order valence-electron chi connectivity index (χ0n) is 6.65. The molecule has 1 rings (SSSR count). The Morgan fingerprint density at radius 3 is 2.73 bits per heavy atom. The van der Waals surface area contributed by atoms with Gasteiger partial charge in [0, 0.05) is 6.20 Å². The van der Waals surface area contributed by atoms with Crippen LogP contribution in [-0.4, -0.2) is 15.1 Å². The number of hydrogen-bond donors (Lipinski definition) is 1. The van der Waals surface area contributed by atoms with Crippen molar-refractivity contribution in [3.8, 4) is 0 Å². The standard InChI is InChI=1S/C8H11N2O/c1-6(2)8(11)7-3-4-9-5-10-7/h3-4,6,8,11H,1-2H3. The van der Waals surface area contributed by atoms with E-state index in [1.807, 2.05) is 13.8 Å². The van der Waals surface area contributed by atoms with E-state index in [1.54, 1.807) is 12.3 Å². The van der Waals surface area contributed by atoms with Gasteiger partial charge in [-0.15, -0.1) is 0 Å². The van der Waals surface area contributed by atoms with E-state index in [1.165, 1.54) is 0 Å². The van der Waals surface area contributed by atoms with Crippen molar-refractivity contribution in [3.63, 3.8) is 0 Å². The smallest absolute Gasteiger partial charge is 0.198 e. The molecule has 0 aliphatic carbocycles. The molecule has 0 spiro atoms. The Balaban J connectivity index is 2.77. The molecule has 1 atom stereocenters. The molecule has 3 nitrogen and oxygen atoms in total. The first-order chi connectivity index (χ1) is 5.22. The molecule has 0 aliphatic rings. The Morgan fingerprint density at radius 2 is 2.27 bits per heavy atom. The number of nitrogens with zero attached hydrogens (tertiary/aromatic N) is 2. The third-order valence-corrected chi connectivity index (χ3v) is 1.49. The first kappa shape index (κ1) is 8.14. The molecule has 1 heterocycles. The lowest BCUT2D eigenvalue weighted by atomic mass is 10.0. The predicted molar refractivity (Wildman–Crippen MR) is 40.7 cm³/mol. The van der Waals surface area contributed by atoms with E-state index in [0.29, 0.717) is 5.69 Å². The van der Waals surface area contributed by atoms with Crippen molar-refractivity contribution in [3.05, 3.63) is 24.3 Å². The van der Waals surface area contributed by atoms with E-state index in [4.69, 9.17) is 0 Å². The average molecular weight is 151 g/mol. The van der Waals surface area contributed by atoms with E-state index in [0.717, 1.165) is 0 Å². The summed E-state index contributed by atoms with van der Waals surface area (Å²) in [6, 6.07) is 1.70. The van der Waals surface area contributed by atoms with Crippen molar-refractivity contribution in [2.45, 2.75) is 20.0 Å². The molecule has 1 radical (unpaired) electrons. The van der Waals surface area contributed by atoms with Crippen LogP contribution in [0.1, 0.15) is 25.6 Å². The molecule has 0 saturated heterocycles. The minimum Gasteiger partial charge on any atom is -0.387 e. The van der Waals surface area contributed by atoms with Gasteiger partial charge in [-0.2, -0.15) is 0 Å². The van der Waals surface area contributed by atoms with Gasteiger partial charge in [-0.1, -0.05) is 13.8 Å². The molecule has 11 heavy (non-hydrogen) atoms. The Kier molecular flexibility index (Phi) is 2.54. The van der Waals surface area contributed by atoms with Gasteiger partial charge in [0.2, 0.25) is 0 Å². The van der Waals surface area contributed by atoms with Crippen LogP contribution in [-0.2, 0) is 0 Å². The minimum absolute atomic E-state index is 0.179. The van der Waals surface area contributed by atoms with Crippen LogP contribution in [0.2, 0.25) is 0 Å². The van der Waals surface area contributed by atoms with Crippen molar-refractivity contribution in [2.75, 3.05) is 0 Å². The first-order valence-electron chi connectivity index (χ1n) is 3.59. The topological polar surface area (TPSA) is 46.0 Å². The number of aromatic nitrogens is 2. The van der Waals surface area contributed by atoms with Crippen LogP contribution in [0, 0.1) is 12.2 Å². The molecule has 1 aromatic rings. The van der Waals surface area contributed by atoms with Crippen LogP contribution in [0.4, 0.5) is 0 Å². The van der Waals surface area contributed by atoms with E-state index in [2.05, 4.69) is 16.3 Å². The summed E-state index contributed by atoms with van der Waals surface area (Å²) in [4.78, 5) is 7.45. The van der Waals surface area contributed by atoms with Crippen LogP contribution in [0.5, 0.6) is 0 Å². The SMILES string of the molecule is CC(C)C(O)c1ccn[c]n1. The fourth-order valence-electron chi connectivity index (χ4n) is 0.777. The highest BCUT2D eigenvalue weighted by Crippen LogP contribution is 2.17. The Hall–Kier alpha value is -0.960. The third kappa shape index (κ3) is 1.98. The van der Waals surface area contributed by atoms with E-state index >= 15 is 0 Å². The lowest BCUT2D eigenvalue weighted by molar-refractivity contribution is 0.122. The second-order valence-corrected chi connectivity index (χ2v) is 2.77. The van der Waals surface area contributed by atoms with Crippen molar-refractivity contribution in [2.24, 2.45) is 5.92 Å². The molecule has 1 aromatic heterocycles. The lowest BCUT2D eigenvalue weighted by Gasteiger charge is -2.12. The summed E-state index contributed by atoms with van der Waals surface area (Å²) in [6.07, 6.45) is 3.51. The van der Waals surface area contributed by atoms with Gasteiger partial charge in [0.25, 0.3) is 0 Å². The minimum atomic E-state index is -0.505. The normalized spacial score (nSPS) is 13.5. The summed E-state index contributed by atoms with van der Waals surface area (Å²) < 4.78 is 0. The van der Waals surface area contributed by atoms with Crippen LogP contribution < -0.4 is 0 Å². The Morgan fingerprint density at radius 1 is 1.55 bits per heavy atom. The molecule has 59 valence electrons. The predicted octanol–water partition coefficient (Wildman–Crippen LogP) is 0.966. The molecular weight excluding hydrogens is 140 g/mol. The van der Waals surface area contributed by atoms with Gasteiger partial charge >= 0.3 is 0 Å². The van der Waals surface area contributed by atoms with Gasteiger partial charge in [0.05, 0.1) is 11.8 Å². The molecular formula is C8H11N2O. The Bertz CT molecular complexity index is 211. The maximum Gasteiger partial charge on any atom is 0.198 e. The van der Waals surface area contributed by atoms with Gasteiger partial charge in [-0.3, -0.25) is 0 Å². The fourth-order valence-corrected chi connectivity index (χ4v) is 0.777. The van der Waals surface area contributed by atoms with Gasteiger partial charge < -0.3 is 5.11 Å². The maximum atomic E-state index is 9.49. The highest BCUT2D eigenvalue weighted by Gasteiger charge is 2.12. The molecule has 1 N–H and O–H groups in total. The summed E-state index contributed by atoms with van der Waals surface area (Å²) in [5, 5.41) is 9.49. The zero-order chi connectivity index (χ0) is 8.27. The van der Waals surface area contributed by atoms with Gasteiger partial charge in [0.15, 0.2) is 6.33 Å². The Labute approximate surface area is 66.1 Å². The third-order valence-electron chi connectivity index (χ3n) is 1.49. The molecule has 0 amide bonds. The molecule has 0 aliphatic heterocycles. The number of hydrogen-bond acceptors (Lipinski definition) is 3. The van der Waals surface area contributed by atoms with E-state index in [9.17, 15) is 5.11 Å². The van der Waals surface area contributed by atoms with E-state index in [-0.39, 0.29) is 5.92 Å².